The number of carbonyl (C=O) groups excluding carboxylic acids is 2. The zero-order chi connectivity index (χ0) is 28.3. The predicted octanol–water partition coefficient (Wildman–Crippen LogP) is 2.75. The number of alkyl halides is 2. The second kappa shape index (κ2) is 12.1. The fraction of sp³-hybridized carbons (Fsp3) is 0.500. The van der Waals surface area contributed by atoms with Crippen molar-refractivity contribution in [2.75, 3.05) is 25.2 Å². The Morgan fingerprint density at radius 2 is 1.79 bits per heavy atom. The van der Waals surface area contributed by atoms with Gasteiger partial charge in [-0.15, -0.1) is 0 Å². The SMILES string of the molecule is COc1cc(F)c([C@@H]2CN(c3cccn(CCO)c3=O)C(=O)[C@H]2NC(=O)NC2CCC(C(F)F)CC2)c(F)c1. The Labute approximate surface area is 221 Å². The van der Waals surface area contributed by atoms with E-state index in [9.17, 15) is 28.3 Å². The van der Waals surface area contributed by atoms with Gasteiger partial charge in [0.1, 0.15) is 29.1 Å². The molecule has 0 bridgehead atoms. The molecule has 9 nitrogen and oxygen atoms in total. The van der Waals surface area contributed by atoms with Crippen LogP contribution in [-0.2, 0) is 11.3 Å². The Morgan fingerprint density at radius 3 is 2.38 bits per heavy atom. The lowest BCUT2D eigenvalue weighted by Gasteiger charge is -2.29. The third kappa shape index (κ3) is 6.02. The third-order valence-electron chi connectivity index (χ3n) is 7.35. The normalized spacial score (nSPS) is 23.3. The minimum Gasteiger partial charge on any atom is -0.497 e. The fourth-order valence-electron chi connectivity index (χ4n) is 5.30. The van der Waals surface area contributed by atoms with Crippen molar-refractivity contribution in [2.45, 2.75) is 56.7 Å². The fourth-order valence-corrected chi connectivity index (χ4v) is 5.30. The van der Waals surface area contributed by atoms with Crippen molar-refractivity contribution in [3.63, 3.8) is 0 Å². The van der Waals surface area contributed by atoms with E-state index < -0.39 is 65.0 Å². The number of aliphatic hydroxyl groups excluding tert-OH is 1. The monoisotopic (exact) mass is 554 g/mol. The summed E-state index contributed by atoms with van der Waals surface area (Å²) >= 11 is 0. The van der Waals surface area contributed by atoms with Gasteiger partial charge in [-0.2, -0.15) is 0 Å². The number of carbonyl (C=O) groups is 2. The Bertz CT molecular complexity index is 1240. The van der Waals surface area contributed by atoms with Crippen LogP contribution in [0.5, 0.6) is 5.75 Å². The standard InChI is InChI=1S/C26H30F4N4O5/c1-39-16-11-18(27)21(19(28)12-16)17-13-34(20-3-2-8-33(9-10-35)24(20)36)25(37)22(17)32-26(38)31-15-6-4-14(5-7-15)23(29)30/h2-3,8,11-12,14-15,17,22-23,35H,4-7,9-10,13H2,1H3,(H2,31,32,38)/t14?,15?,17-,22-/m0/s1. The first-order valence-electron chi connectivity index (χ1n) is 12.6. The number of urea groups is 1. The topological polar surface area (TPSA) is 113 Å². The maximum atomic E-state index is 15.1. The molecule has 3 amide bonds. The van der Waals surface area contributed by atoms with Crippen LogP contribution in [0.2, 0.25) is 0 Å². The number of methoxy groups -OCH3 is 1. The number of aromatic nitrogens is 1. The summed E-state index contributed by atoms with van der Waals surface area (Å²) in [7, 11) is 1.24. The number of rotatable bonds is 8. The highest BCUT2D eigenvalue weighted by Gasteiger charge is 2.46. The molecule has 0 radical (unpaired) electrons. The molecule has 1 aliphatic carbocycles. The second-order valence-electron chi connectivity index (χ2n) is 9.72. The molecule has 3 N–H and O–H groups in total. The van der Waals surface area contributed by atoms with E-state index in [1.165, 1.54) is 30.0 Å². The lowest BCUT2D eigenvalue weighted by molar-refractivity contribution is -0.118. The van der Waals surface area contributed by atoms with Crippen LogP contribution in [0.4, 0.5) is 28.0 Å². The summed E-state index contributed by atoms with van der Waals surface area (Å²) in [6, 6.07) is 2.15. The summed E-state index contributed by atoms with van der Waals surface area (Å²) in [6.07, 6.45) is 0.112. The summed E-state index contributed by atoms with van der Waals surface area (Å²) in [5, 5.41) is 14.4. The summed E-state index contributed by atoms with van der Waals surface area (Å²) in [5.41, 5.74) is -1.14. The first-order chi connectivity index (χ1) is 18.6. The van der Waals surface area contributed by atoms with Crippen molar-refractivity contribution in [1.82, 2.24) is 15.2 Å². The number of halogens is 4. The molecular weight excluding hydrogens is 524 g/mol. The molecule has 1 saturated heterocycles. The Kier molecular flexibility index (Phi) is 8.78. The molecule has 4 rings (SSSR count). The number of hydrogen-bond acceptors (Lipinski definition) is 5. The van der Waals surface area contributed by atoms with E-state index in [-0.39, 0.29) is 44.0 Å². The van der Waals surface area contributed by atoms with Crippen molar-refractivity contribution in [2.24, 2.45) is 5.92 Å². The highest BCUT2D eigenvalue weighted by atomic mass is 19.3. The van der Waals surface area contributed by atoms with Crippen LogP contribution in [0.1, 0.15) is 37.2 Å². The molecule has 1 aliphatic heterocycles. The van der Waals surface area contributed by atoms with Crippen LogP contribution >= 0.6 is 0 Å². The number of nitrogens with one attached hydrogen (secondary N) is 2. The zero-order valence-electron chi connectivity index (χ0n) is 21.2. The minimum absolute atomic E-state index is 0.0300. The quantitative estimate of drug-likeness (QED) is 0.435. The van der Waals surface area contributed by atoms with Gasteiger partial charge < -0.3 is 29.9 Å². The Hall–Kier alpha value is -3.61. The Morgan fingerprint density at radius 1 is 1.13 bits per heavy atom. The first kappa shape index (κ1) is 28.4. The lowest BCUT2D eigenvalue weighted by Crippen LogP contribution is -2.51. The molecule has 13 heteroatoms. The lowest BCUT2D eigenvalue weighted by atomic mass is 9.86. The highest BCUT2D eigenvalue weighted by molar-refractivity contribution is 6.02. The molecular formula is C26H30F4N4O5. The molecule has 0 unspecified atom stereocenters. The van der Waals surface area contributed by atoms with Crippen molar-refractivity contribution in [1.29, 1.82) is 0 Å². The predicted molar refractivity (Wildman–Crippen MR) is 133 cm³/mol. The average molecular weight is 555 g/mol. The molecule has 2 atom stereocenters. The smallest absolute Gasteiger partial charge is 0.315 e. The van der Waals surface area contributed by atoms with E-state index in [1.54, 1.807) is 0 Å². The largest absolute Gasteiger partial charge is 0.497 e. The van der Waals surface area contributed by atoms with Crippen LogP contribution in [0, 0.1) is 17.6 Å². The molecule has 2 aliphatic rings. The summed E-state index contributed by atoms with van der Waals surface area (Å²) in [6.45, 7) is -0.675. The zero-order valence-corrected chi connectivity index (χ0v) is 21.2. The van der Waals surface area contributed by atoms with Crippen molar-refractivity contribution in [3.05, 3.63) is 58.0 Å². The van der Waals surface area contributed by atoms with E-state index >= 15 is 8.78 Å². The number of amides is 3. The molecule has 2 fully saturated rings. The van der Waals surface area contributed by atoms with Crippen LogP contribution in [-0.4, -0.2) is 60.4 Å². The molecule has 0 spiro atoms. The Balaban J connectivity index is 1.62. The van der Waals surface area contributed by atoms with Gasteiger partial charge in [0.2, 0.25) is 6.43 Å². The molecule has 212 valence electrons. The van der Waals surface area contributed by atoms with Gasteiger partial charge in [-0.1, -0.05) is 0 Å². The summed E-state index contributed by atoms with van der Waals surface area (Å²) in [5.74, 6) is -4.77. The highest BCUT2D eigenvalue weighted by Crippen LogP contribution is 2.36. The summed E-state index contributed by atoms with van der Waals surface area (Å²) in [4.78, 5) is 40.4. The van der Waals surface area contributed by atoms with Crippen LogP contribution in [0.25, 0.3) is 0 Å². The molecule has 1 saturated carbocycles. The number of hydrogen-bond donors (Lipinski definition) is 3. The van der Waals surface area contributed by atoms with Crippen LogP contribution in [0.3, 0.4) is 0 Å². The van der Waals surface area contributed by atoms with Crippen molar-refractivity contribution in [3.8, 4) is 5.75 Å². The van der Waals surface area contributed by atoms with Gasteiger partial charge in [-0.3, -0.25) is 9.59 Å². The second-order valence-corrected chi connectivity index (χ2v) is 9.72. The van der Waals surface area contributed by atoms with E-state index in [1.807, 2.05) is 0 Å². The van der Waals surface area contributed by atoms with E-state index in [2.05, 4.69) is 10.6 Å². The van der Waals surface area contributed by atoms with E-state index in [4.69, 9.17) is 4.74 Å². The minimum atomic E-state index is -2.43. The number of anilines is 1. The number of pyridine rings is 1. The third-order valence-corrected chi connectivity index (χ3v) is 7.35. The maximum Gasteiger partial charge on any atom is 0.315 e. The number of nitrogens with zero attached hydrogens (tertiary/aromatic N) is 2. The van der Waals surface area contributed by atoms with Crippen molar-refractivity contribution >= 4 is 17.6 Å². The van der Waals surface area contributed by atoms with Gasteiger partial charge in [-0.25, -0.2) is 22.4 Å². The van der Waals surface area contributed by atoms with Crippen molar-refractivity contribution < 1.29 is 37.0 Å². The summed E-state index contributed by atoms with van der Waals surface area (Å²) < 4.78 is 62.2. The van der Waals surface area contributed by atoms with Crippen LogP contribution < -0.4 is 25.8 Å². The van der Waals surface area contributed by atoms with Gasteiger partial charge in [0.25, 0.3) is 11.5 Å². The van der Waals surface area contributed by atoms with Gasteiger partial charge in [0, 0.05) is 54.9 Å². The molecule has 2 aromatic rings. The number of aliphatic hydroxyl groups is 1. The number of benzene rings is 1. The van der Waals surface area contributed by atoms with Gasteiger partial charge in [0.05, 0.1) is 13.7 Å². The van der Waals surface area contributed by atoms with Gasteiger partial charge in [-0.05, 0) is 37.8 Å². The average Bonchev–Trinajstić information content (AvgIpc) is 3.20. The first-order valence-corrected chi connectivity index (χ1v) is 12.6. The molecule has 39 heavy (non-hydrogen) atoms. The van der Waals surface area contributed by atoms with E-state index in [0.717, 1.165) is 17.0 Å². The van der Waals surface area contributed by atoms with Gasteiger partial charge in [0.15, 0.2) is 0 Å². The van der Waals surface area contributed by atoms with Gasteiger partial charge >= 0.3 is 6.03 Å². The molecule has 2 heterocycles. The van der Waals surface area contributed by atoms with Crippen LogP contribution in [0.15, 0.2) is 35.3 Å². The molecule has 1 aromatic heterocycles. The maximum absolute atomic E-state index is 15.1. The van der Waals surface area contributed by atoms with E-state index in [0.29, 0.717) is 12.8 Å². The number of ether oxygens (including phenoxy) is 1. The molecule has 1 aromatic carbocycles.